The molecule has 0 saturated heterocycles. The van der Waals surface area contributed by atoms with Crippen LogP contribution >= 0.6 is 0 Å². The van der Waals surface area contributed by atoms with Crippen LogP contribution in [0.4, 0.5) is 13.2 Å². The van der Waals surface area contributed by atoms with Crippen LogP contribution in [0.25, 0.3) is 22.9 Å². The van der Waals surface area contributed by atoms with Gasteiger partial charge in [-0.1, -0.05) is 5.16 Å². The number of hydrogen-bond donors (Lipinski definition) is 0. The summed E-state index contributed by atoms with van der Waals surface area (Å²) in [6.45, 7) is 0. The molecule has 0 fully saturated rings. The van der Waals surface area contributed by atoms with Gasteiger partial charge in [-0.25, -0.2) is 15.0 Å². The molecule has 0 N–H and O–H groups in total. The highest BCUT2D eigenvalue weighted by Crippen LogP contribution is 2.29. The van der Waals surface area contributed by atoms with E-state index < -0.39 is 18.0 Å². The number of aromatic nitrogens is 6. The van der Waals surface area contributed by atoms with Crippen LogP contribution in [0.3, 0.4) is 0 Å². The molecule has 3 aromatic rings. The van der Waals surface area contributed by atoms with E-state index in [0.29, 0.717) is 0 Å². The first-order valence-electron chi connectivity index (χ1n) is 7.04. The summed E-state index contributed by atoms with van der Waals surface area (Å²) in [5.41, 5.74) is 0.422. The van der Waals surface area contributed by atoms with Gasteiger partial charge in [0.2, 0.25) is 11.6 Å². The molecule has 26 heavy (non-hydrogen) atoms. The quantitative estimate of drug-likeness (QED) is 0.690. The van der Waals surface area contributed by atoms with Gasteiger partial charge in [0, 0.05) is 25.9 Å². The highest BCUT2D eigenvalue weighted by molar-refractivity contribution is 5.90. The summed E-state index contributed by atoms with van der Waals surface area (Å²) < 4.78 is 41.9. The fourth-order valence-corrected chi connectivity index (χ4v) is 1.87. The third-order valence-corrected chi connectivity index (χ3v) is 3.09. The van der Waals surface area contributed by atoms with E-state index in [4.69, 9.17) is 0 Å². The van der Waals surface area contributed by atoms with Crippen LogP contribution in [0, 0.1) is 0 Å². The number of pyridine rings is 1. The fourth-order valence-electron chi connectivity index (χ4n) is 1.87. The molecule has 3 heterocycles. The highest BCUT2D eigenvalue weighted by atomic mass is 19.4. The zero-order valence-corrected chi connectivity index (χ0v) is 13.4. The molecule has 0 spiro atoms. The van der Waals surface area contributed by atoms with E-state index in [2.05, 4.69) is 34.6 Å². The number of amides is 1. The van der Waals surface area contributed by atoms with E-state index in [0.717, 1.165) is 6.33 Å². The number of halogens is 3. The number of nitrogens with zero attached hydrogens (tertiary/aromatic N) is 7. The van der Waals surface area contributed by atoms with E-state index in [1.807, 2.05) is 0 Å². The molecule has 0 bridgehead atoms. The number of alkyl halides is 3. The van der Waals surface area contributed by atoms with Gasteiger partial charge in [-0.3, -0.25) is 9.78 Å². The number of hydrogen-bond acceptors (Lipinski definition) is 8. The first-order chi connectivity index (χ1) is 12.3. The molecule has 0 aromatic carbocycles. The minimum atomic E-state index is -4.74. The Morgan fingerprint density at radius 2 is 1.88 bits per heavy atom. The summed E-state index contributed by atoms with van der Waals surface area (Å²) in [4.78, 5) is 32.3. The van der Waals surface area contributed by atoms with Crippen molar-refractivity contribution in [3.63, 3.8) is 0 Å². The molecule has 0 unspecified atom stereocenters. The van der Waals surface area contributed by atoms with Crippen LogP contribution < -0.4 is 0 Å². The second-order valence-corrected chi connectivity index (χ2v) is 5.18. The van der Waals surface area contributed by atoms with Gasteiger partial charge >= 0.3 is 12.1 Å². The lowest BCUT2D eigenvalue weighted by atomic mass is 10.2. The summed E-state index contributed by atoms with van der Waals surface area (Å²) >= 11 is 0. The molecule has 9 nitrogen and oxygen atoms in total. The average Bonchev–Trinajstić information content (AvgIpc) is 3.12. The van der Waals surface area contributed by atoms with Crippen LogP contribution in [0.2, 0.25) is 0 Å². The van der Waals surface area contributed by atoms with Crippen molar-refractivity contribution in [3.8, 4) is 22.9 Å². The van der Waals surface area contributed by atoms with Gasteiger partial charge in [0.15, 0.2) is 5.82 Å². The maximum atomic E-state index is 12.6. The molecule has 3 rings (SSSR count). The Kier molecular flexibility index (Phi) is 4.32. The molecule has 0 saturated carbocycles. The zero-order chi connectivity index (χ0) is 18.9. The van der Waals surface area contributed by atoms with Crippen molar-refractivity contribution < 1.29 is 22.5 Å². The molecule has 0 aliphatic heterocycles. The van der Waals surface area contributed by atoms with E-state index in [9.17, 15) is 18.0 Å². The molecule has 0 aliphatic rings. The van der Waals surface area contributed by atoms with Crippen LogP contribution in [-0.4, -0.2) is 55.0 Å². The molecule has 3 aromatic heterocycles. The van der Waals surface area contributed by atoms with Gasteiger partial charge < -0.3 is 9.42 Å². The summed E-state index contributed by atoms with van der Waals surface area (Å²) in [6.07, 6.45) is -2.27. The Hall–Kier alpha value is -3.44. The van der Waals surface area contributed by atoms with Gasteiger partial charge in [0.05, 0.1) is 0 Å². The standard InChI is InChI=1S/C14H10F3N7O2/c1-24(2)12(25)11-20-6-19-10(21-11)8-5-7(3-4-18-8)9-22-13(26-23-9)14(15,16)17/h3-6H,1-2H3. The van der Waals surface area contributed by atoms with Crippen molar-refractivity contribution >= 4 is 5.91 Å². The van der Waals surface area contributed by atoms with Crippen LogP contribution in [0.15, 0.2) is 29.2 Å². The molecule has 0 aliphatic carbocycles. The Morgan fingerprint density at radius 1 is 1.12 bits per heavy atom. The molecule has 0 radical (unpaired) electrons. The average molecular weight is 365 g/mol. The van der Waals surface area contributed by atoms with E-state index in [-0.39, 0.29) is 28.7 Å². The number of carbonyl (C=O) groups is 1. The minimum Gasteiger partial charge on any atom is -0.342 e. The number of rotatable bonds is 3. The molecular weight excluding hydrogens is 355 g/mol. The molecule has 1 amide bonds. The van der Waals surface area contributed by atoms with Crippen LogP contribution in [0.1, 0.15) is 16.5 Å². The normalized spacial score (nSPS) is 11.4. The van der Waals surface area contributed by atoms with Crippen molar-refractivity contribution in [2.24, 2.45) is 0 Å². The second kappa shape index (κ2) is 6.46. The molecule has 0 atom stereocenters. The van der Waals surface area contributed by atoms with Crippen molar-refractivity contribution in [3.05, 3.63) is 36.4 Å². The first-order valence-corrected chi connectivity index (χ1v) is 7.04. The molecule has 12 heteroatoms. The predicted octanol–water partition coefficient (Wildman–Crippen LogP) is 1.70. The summed E-state index contributed by atoms with van der Waals surface area (Å²) in [5, 5.41) is 3.31. The van der Waals surface area contributed by atoms with Gasteiger partial charge in [-0.05, 0) is 12.1 Å². The zero-order valence-electron chi connectivity index (χ0n) is 13.4. The third kappa shape index (κ3) is 3.48. The lowest BCUT2D eigenvalue weighted by Crippen LogP contribution is -2.24. The molecular formula is C14H10F3N7O2. The van der Waals surface area contributed by atoms with Crippen LogP contribution in [-0.2, 0) is 6.18 Å². The van der Waals surface area contributed by atoms with Gasteiger partial charge in [-0.2, -0.15) is 18.2 Å². The summed E-state index contributed by atoms with van der Waals surface area (Å²) in [5.74, 6) is -2.17. The minimum absolute atomic E-state index is 0.0755. The largest absolute Gasteiger partial charge is 0.471 e. The lowest BCUT2D eigenvalue weighted by molar-refractivity contribution is -0.159. The topological polar surface area (TPSA) is 111 Å². The Balaban J connectivity index is 1.97. The SMILES string of the molecule is CN(C)C(=O)c1ncnc(-c2cc(-c3noc(C(F)(F)F)n3)ccn2)n1. The second-order valence-electron chi connectivity index (χ2n) is 5.18. The maximum absolute atomic E-state index is 12.6. The van der Waals surface area contributed by atoms with E-state index >= 15 is 0 Å². The number of carbonyl (C=O) groups excluding carboxylic acids is 1. The van der Waals surface area contributed by atoms with Crippen molar-refractivity contribution in [1.82, 2.24) is 35.0 Å². The maximum Gasteiger partial charge on any atom is 0.471 e. The smallest absolute Gasteiger partial charge is 0.342 e. The van der Waals surface area contributed by atoms with Gasteiger partial charge in [0.1, 0.15) is 12.0 Å². The first kappa shape index (κ1) is 17.4. The lowest BCUT2D eigenvalue weighted by Gasteiger charge is -2.08. The van der Waals surface area contributed by atoms with Crippen molar-refractivity contribution in [2.75, 3.05) is 14.1 Å². The predicted molar refractivity (Wildman–Crippen MR) is 79.4 cm³/mol. The Bertz CT molecular complexity index is 955. The summed E-state index contributed by atoms with van der Waals surface area (Å²) in [6, 6.07) is 2.78. The Morgan fingerprint density at radius 3 is 2.54 bits per heavy atom. The Labute approximate surface area is 143 Å². The summed E-state index contributed by atoms with van der Waals surface area (Å²) in [7, 11) is 3.08. The van der Waals surface area contributed by atoms with Crippen molar-refractivity contribution in [2.45, 2.75) is 6.18 Å². The molecule has 134 valence electrons. The third-order valence-electron chi connectivity index (χ3n) is 3.09. The highest BCUT2D eigenvalue weighted by Gasteiger charge is 2.38. The monoisotopic (exact) mass is 365 g/mol. The van der Waals surface area contributed by atoms with Gasteiger partial charge in [0.25, 0.3) is 5.91 Å². The van der Waals surface area contributed by atoms with Crippen molar-refractivity contribution in [1.29, 1.82) is 0 Å². The fraction of sp³-hybridized carbons (Fsp3) is 0.214. The van der Waals surface area contributed by atoms with Gasteiger partial charge in [-0.15, -0.1) is 0 Å². The van der Waals surface area contributed by atoms with E-state index in [1.165, 1.54) is 23.2 Å². The van der Waals surface area contributed by atoms with Crippen LogP contribution in [0.5, 0.6) is 0 Å². The van der Waals surface area contributed by atoms with E-state index in [1.54, 1.807) is 14.1 Å².